The fourth-order valence-corrected chi connectivity index (χ4v) is 1.34. The summed E-state index contributed by atoms with van der Waals surface area (Å²) in [5.41, 5.74) is 6.87. The average molecular weight is 163 g/mol. The number of benzene rings is 1. The van der Waals surface area contributed by atoms with Crippen molar-refractivity contribution in [3.8, 4) is 0 Å². The molecule has 0 spiro atoms. The Hall–Kier alpha value is -0.860. The second-order valence-corrected chi connectivity index (χ2v) is 3.16. The van der Waals surface area contributed by atoms with Gasteiger partial charge >= 0.3 is 0 Å². The Morgan fingerprint density at radius 3 is 2.50 bits per heavy atom. The Labute approximate surface area is 72.3 Å². The maximum Gasteiger partial charge on any atom is 0.132 e. The highest BCUT2D eigenvalue weighted by Gasteiger charge is 2.33. The van der Waals surface area contributed by atoms with Gasteiger partial charge in [0.25, 0.3) is 0 Å². The van der Waals surface area contributed by atoms with Gasteiger partial charge < -0.3 is 10.5 Å². The molecule has 1 heterocycles. The lowest BCUT2D eigenvalue weighted by Gasteiger charge is -1.96. The van der Waals surface area contributed by atoms with Crippen LogP contribution in [0.15, 0.2) is 30.3 Å². The average Bonchev–Trinajstić information content (AvgIpc) is 2.81. The Bertz CT molecular complexity index is 247. The van der Waals surface area contributed by atoms with Crippen LogP contribution in [-0.2, 0) is 11.2 Å². The minimum absolute atomic E-state index is 0.00807. The number of hydrogen-bond acceptors (Lipinski definition) is 2. The van der Waals surface area contributed by atoms with Crippen molar-refractivity contribution in [2.24, 2.45) is 5.73 Å². The van der Waals surface area contributed by atoms with E-state index in [1.807, 2.05) is 6.07 Å². The largest absolute Gasteiger partial charge is 0.353 e. The van der Waals surface area contributed by atoms with Crippen molar-refractivity contribution in [3.63, 3.8) is 0 Å². The summed E-state index contributed by atoms with van der Waals surface area (Å²) >= 11 is 0. The molecule has 2 nitrogen and oxygen atoms in total. The second kappa shape index (κ2) is 3.25. The molecule has 12 heavy (non-hydrogen) atoms. The molecule has 2 rings (SSSR count). The summed E-state index contributed by atoms with van der Waals surface area (Å²) in [5, 5.41) is 0. The molecule has 2 N–H and O–H groups in total. The zero-order valence-electron chi connectivity index (χ0n) is 6.94. The first-order chi connectivity index (χ1) is 5.86. The maximum atomic E-state index is 5.51. The molecule has 2 heteroatoms. The van der Waals surface area contributed by atoms with Crippen LogP contribution in [0.1, 0.15) is 12.0 Å². The van der Waals surface area contributed by atoms with Crippen LogP contribution < -0.4 is 5.73 Å². The van der Waals surface area contributed by atoms with Gasteiger partial charge in [-0.05, 0) is 18.4 Å². The molecule has 0 bridgehead atoms. The predicted octanol–water partition coefficient (Wildman–Crippen LogP) is 1.30. The van der Waals surface area contributed by atoms with Crippen LogP contribution in [0.3, 0.4) is 0 Å². The van der Waals surface area contributed by atoms with E-state index in [4.69, 9.17) is 10.5 Å². The van der Waals surface area contributed by atoms with Crippen LogP contribution in [0.4, 0.5) is 0 Å². The number of epoxide rings is 1. The molecule has 1 fully saturated rings. The fraction of sp³-hybridized carbons (Fsp3) is 0.400. The summed E-state index contributed by atoms with van der Waals surface area (Å²) in [5.74, 6) is 0. The predicted molar refractivity (Wildman–Crippen MR) is 47.6 cm³/mol. The summed E-state index contributed by atoms with van der Waals surface area (Å²) in [6.45, 7) is 0. The molecule has 1 aromatic rings. The highest BCUT2D eigenvalue weighted by molar-refractivity contribution is 5.14. The molecule has 0 saturated carbocycles. The molecule has 1 saturated heterocycles. The van der Waals surface area contributed by atoms with E-state index in [0.29, 0.717) is 6.10 Å². The van der Waals surface area contributed by atoms with Gasteiger partial charge in [-0.25, -0.2) is 0 Å². The summed E-state index contributed by atoms with van der Waals surface area (Å²) in [4.78, 5) is 0. The minimum Gasteiger partial charge on any atom is -0.353 e. The molecule has 1 aromatic carbocycles. The van der Waals surface area contributed by atoms with Gasteiger partial charge in [0.05, 0.1) is 6.10 Å². The Balaban J connectivity index is 1.80. The van der Waals surface area contributed by atoms with Crippen molar-refractivity contribution >= 4 is 0 Å². The molecule has 1 aliphatic heterocycles. The van der Waals surface area contributed by atoms with Crippen molar-refractivity contribution in [1.82, 2.24) is 0 Å². The summed E-state index contributed by atoms with van der Waals surface area (Å²) in [6.07, 6.45) is 2.43. The van der Waals surface area contributed by atoms with Gasteiger partial charge in [-0.2, -0.15) is 0 Å². The quantitative estimate of drug-likeness (QED) is 0.682. The van der Waals surface area contributed by atoms with Crippen LogP contribution in [0, 0.1) is 0 Å². The molecular formula is C10H13NO. The monoisotopic (exact) mass is 163 g/mol. The van der Waals surface area contributed by atoms with Gasteiger partial charge in [-0.3, -0.25) is 0 Å². The first-order valence-electron chi connectivity index (χ1n) is 4.31. The SMILES string of the molecule is NC1OC1CCc1ccccc1. The maximum absolute atomic E-state index is 5.51. The Morgan fingerprint density at radius 1 is 1.25 bits per heavy atom. The van der Waals surface area contributed by atoms with Gasteiger partial charge in [-0.1, -0.05) is 30.3 Å². The molecule has 1 aliphatic rings. The molecule has 0 aromatic heterocycles. The van der Waals surface area contributed by atoms with E-state index in [2.05, 4.69) is 24.3 Å². The molecule has 2 atom stereocenters. The lowest BCUT2D eigenvalue weighted by Crippen LogP contribution is -2.05. The second-order valence-electron chi connectivity index (χ2n) is 3.16. The molecular weight excluding hydrogens is 150 g/mol. The summed E-state index contributed by atoms with van der Waals surface area (Å²) in [7, 11) is 0. The smallest absolute Gasteiger partial charge is 0.132 e. The first kappa shape index (κ1) is 7.77. The normalized spacial score (nSPS) is 27.1. The number of nitrogens with two attached hydrogens (primary N) is 1. The molecule has 0 radical (unpaired) electrons. The van der Waals surface area contributed by atoms with Crippen molar-refractivity contribution < 1.29 is 4.74 Å². The zero-order chi connectivity index (χ0) is 8.39. The van der Waals surface area contributed by atoms with Gasteiger partial charge in [0.1, 0.15) is 6.23 Å². The lowest BCUT2D eigenvalue weighted by atomic mass is 10.1. The highest BCUT2D eigenvalue weighted by Crippen LogP contribution is 2.21. The Morgan fingerprint density at radius 2 is 1.92 bits per heavy atom. The summed E-state index contributed by atoms with van der Waals surface area (Å²) < 4.78 is 5.12. The standard InChI is InChI=1S/C10H13NO/c11-10-9(12-10)7-6-8-4-2-1-3-5-8/h1-5,9-10H,6-7,11H2. The van der Waals surface area contributed by atoms with Crippen LogP contribution in [-0.4, -0.2) is 12.3 Å². The zero-order valence-corrected chi connectivity index (χ0v) is 6.94. The third kappa shape index (κ3) is 1.84. The molecule has 0 amide bonds. The van der Waals surface area contributed by atoms with Crippen LogP contribution >= 0.6 is 0 Å². The van der Waals surface area contributed by atoms with Gasteiger partial charge in [0.15, 0.2) is 0 Å². The van der Waals surface area contributed by atoms with Gasteiger partial charge in [-0.15, -0.1) is 0 Å². The number of ether oxygens (including phenoxy) is 1. The van der Waals surface area contributed by atoms with Crippen molar-refractivity contribution in [2.75, 3.05) is 0 Å². The van der Waals surface area contributed by atoms with E-state index in [0.717, 1.165) is 12.8 Å². The van der Waals surface area contributed by atoms with E-state index >= 15 is 0 Å². The molecule has 0 aliphatic carbocycles. The molecule has 2 unspecified atom stereocenters. The van der Waals surface area contributed by atoms with Crippen LogP contribution in [0.25, 0.3) is 0 Å². The van der Waals surface area contributed by atoms with Crippen molar-refractivity contribution in [1.29, 1.82) is 0 Å². The Kier molecular flexibility index (Phi) is 2.11. The molecule has 64 valence electrons. The minimum atomic E-state index is 0.00807. The van der Waals surface area contributed by atoms with Crippen molar-refractivity contribution in [3.05, 3.63) is 35.9 Å². The van der Waals surface area contributed by atoms with E-state index in [1.165, 1.54) is 5.56 Å². The van der Waals surface area contributed by atoms with E-state index in [-0.39, 0.29) is 6.23 Å². The third-order valence-electron chi connectivity index (χ3n) is 2.18. The van der Waals surface area contributed by atoms with Crippen LogP contribution in [0.2, 0.25) is 0 Å². The number of rotatable bonds is 3. The fourth-order valence-electron chi connectivity index (χ4n) is 1.34. The van der Waals surface area contributed by atoms with Crippen molar-refractivity contribution in [2.45, 2.75) is 25.2 Å². The summed E-state index contributed by atoms with van der Waals surface area (Å²) in [6, 6.07) is 10.4. The number of aryl methyl sites for hydroxylation is 1. The van der Waals surface area contributed by atoms with Gasteiger partial charge in [0.2, 0.25) is 0 Å². The number of hydrogen-bond donors (Lipinski definition) is 1. The van der Waals surface area contributed by atoms with Gasteiger partial charge in [0, 0.05) is 0 Å². The first-order valence-corrected chi connectivity index (χ1v) is 4.31. The van der Waals surface area contributed by atoms with E-state index in [9.17, 15) is 0 Å². The third-order valence-corrected chi connectivity index (χ3v) is 2.18. The topological polar surface area (TPSA) is 38.5 Å². The lowest BCUT2D eigenvalue weighted by molar-refractivity contribution is 0.366. The van der Waals surface area contributed by atoms with E-state index < -0.39 is 0 Å². The van der Waals surface area contributed by atoms with E-state index in [1.54, 1.807) is 0 Å². The highest BCUT2D eigenvalue weighted by atomic mass is 16.6. The van der Waals surface area contributed by atoms with Crippen LogP contribution in [0.5, 0.6) is 0 Å².